The van der Waals surface area contributed by atoms with Crippen LogP contribution in [0.25, 0.3) is 11.1 Å². The second-order valence-corrected chi connectivity index (χ2v) is 7.68. The standard InChI is InChI=1S/C25H23ClO3/c1-17(2)24(21-12-14-22(26)15-13-21)25(28)29-16-23(27)20-10-8-19(9-11-20)18-6-4-3-5-7-18/h3-15,17,24H,16H2,1-2H3/t24-/m0/s1. The molecule has 0 saturated carbocycles. The third-order valence-electron chi connectivity index (χ3n) is 4.81. The average Bonchev–Trinajstić information content (AvgIpc) is 2.74. The molecular formula is C25H23ClO3. The fourth-order valence-corrected chi connectivity index (χ4v) is 3.38. The average molecular weight is 407 g/mol. The molecule has 3 nitrogen and oxygen atoms in total. The topological polar surface area (TPSA) is 43.4 Å². The predicted molar refractivity (Wildman–Crippen MR) is 116 cm³/mol. The SMILES string of the molecule is CC(C)[C@H](C(=O)OCC(=O)c1ccc(-c2ccccc2)cc1)c1ccc(Cl)cc1. The van der Waals surface area contributed by atoms with E-state index in [4.69, 9.17) is 16.3 Å². The van der Waals surface area contributed by atoms with Crippen molar-refractivity contribution in [2.75, 3.05) is 6.61 Å². The molecule has 0 bridgehead atoms. The molecule has 3 aromatic rings. The van der Waals surface area contributed by atoms with Crippen molar-refractivity contribution in [1.29, 1.82) is 0 Å². The largest absolute Gasteiger partial charge is 0.457 e. The molecule has 0 spiro atoms. The molecule has 0 aliphatic carbocycles. The predicted octanol–water partition coefficient (Wildman–Crippen LogP) is 6.17. The van der Waals surface area contributed by atoms with Crippen LogP contribution in [0.1, 0.15) is 35.7 Å². The Labute approximate surface area is 176 Å². The van der Waals surface area contributed by atoms with Crippen LogP contribution in [-0.4, -0.2) is 18.4 Å². The molecule has 0 fully saturated rings. The van der Waals surface area contributed by atoms with Gasteiger partial charge in [-0.2, -0.15) is 0 Å². The molecule has 0 saturated heterocycles. The van der Waals surface area contributed by atoms with Crippen molar-refractivity contribution in [3.8, 4) is 11.1 Å². The van der Waals surface area contributed by atoms with E-state index >= 15 is 0 Å². The zero-order valence-electron chi connectivity index (χ0n) is 16.5. The maximum Gasteiger partial charge on any atom is 0.314 e. The van der Waals surface area contributed by atoms with Gasteiger partial charge in [-0.25, -0.2) is 0 Å². The molecular weight excluding hydrogens is 384 g/mol. The van der Waals surface area contributed by atoms with Gasteiger partial charge in [0.25, 0.3) is 0 Å². The van der Waals surface area contributed by atoms with Gasteiger partial charge in [-0.15, -0.1) is 0 Å². The smallest absolute Gasteiger partial charge is 0.314 e. The van der Waals surface area contributed by atoms with Gasteiger partial charge in [0.1, 0.15) is 0 Å². The van der Waals surface area contributed by atoms with Gasteiger partial charge >= 0.3 is 5.97 Å². The minimum atomic E-state index is -0.444. The summed E-state index contributed by atoms with van der Waals surface area (Å²) in [5, 5.41) is 0.610. The van der Waals surface area contributed by atoms with Gasteiger partial charge < -0.3 is 4.74 Å². The van der Waals surface area contributed by atoms with Crippen LogP contribution in [0, 0.1) is 5.92 Å². The van der Waals surface area contributed by atoms with E-state index < -0.39 is 11.9 Å². The summed E-state index contributed by atoms with van der Waals surface area (Å²) in [4.78, 5) is 25.1. The summed E-state index contributed by atoms with van der Waals surface area (Å²) in [7, 11) is 0. The number of halogens is 1. The number of ether oxygens (including phenoxy) is 1. The molecule has 148 valence electrons. The quantitative estimate of drug-likeness (QED) is 0.348. The molecule has 0 unspecified atom stereocenters. The van der Waals surface area contributed by atoms with E-state index in [9.17, 15) is 9.59 Å². The molecule has 0 aliphatic heterocycles. The summed E-state index contributed by atoms with van der Waals surface area (Å²) in [5.74, 6) is -1.04. The van der Waals surface area contributed by atoms with Gasteiger partial charge in [-0.1, -0.05) is 92.2 Å². The summed E-state index contributed by atoms with van der Waals surface area (Å²) < 4.78 is 5.36. The van der Waals surface area contributed by atoms with Crippen molar-refractivity contribution in [2.45, 2.75) is 19.8 Å². The lowest BCUT2D eigenvalue weighted by Crippen LogP contribution is -2.23. The Hall–Kier alpha value is -2.91. The van der Waals surface area contributed by atoms with Crippen LogP contribution < -0.4 is 0 Å². The summed E-state index contributed by atoms with van der Waals surface area (Å²) in [6.45, 7) is 3.62. The Kier molecular flexibility index (Phi) is 6.84. The van der Waals surface area contributed by atoms with E-state index in [-0.39, 0.29) is 18.3 Å². The number of hydrogen-bond acceptors (Lipinski definition) is 3. The molecule has 1 atom stereocenters. The lowest BCUT2D eigenvalue weighted by atomic mass is 9.88. The number of rotatable bonds is 7. The van der Waals surface area contributed by atoms with E-state index in [0.29, 0.717) is 10.6 Å². The van der Waals surface area contributed by atoms with E-state index in [0.717, 1.165) is 16.7 Å². The van der Waals surface area contributed by atoms with E-state index in [1.165, 1.54) is 0 Å². The van der Waals surface area contributed by atoms with Crippen molar-refractivity contribution < 1.29 is 14.3 Å². The second kappa shape index (κ2) is 9.53. The monoisotopic (exact) mass is 406 g/mol. The first-order valence-electron chi connectivity index (χ1n) is 9.56. The Morgan fingerprint density at radius 1 is 0.828 bits per heavy atom. The van der Waals surface area contributed by atoms with Crippen LogP contribution >= 0.6 is 11.6 Å². The normalized spacial score (nSPS) is 11.9. The van der Waals surface area contributed by atoms with Gasteiger partial charge in [-0.05, 0) is 34.7 Å². The van der Waals surface area contributed by atoms with Crippen LogP contribution in [0.4, 0.5) is 0 Å². The van der Waals surface area contributed by atoms with Crippen molar-refractivity contribution in [3.63, 3.8) is 0 Å². The first-order valence-corrected chi connectivity index (χ1v) is 9.94. The van der Waals surface area contributed by atoms with Crippen molar-refractivity contribution >= 4 is 23.4 Å². The molecule has 0 amide bonds. The summed E-state index contributed by atoms with van der Waals surface area (Å²) in [6.07, 6.45) is 0. The third-order valence-corrected chi connectivity index (χ3v) is 5.06. The Bertz CT molecular complexity index is 961. The molecule has 0 N–H and O–H groups in total. The molecule has 0 aliphatic rings. The molecule has 3 aromatic carbocycles. The minimum absolute atomic E-state index is 0.0314. The van der Waals surface area contributed by atoms with E-state index in [1.54, 1.807) is 24.3 Å². The molecule has 29 heavy (non-hydrogen) atoms. The molecule has 0 radical (unpaired) electrons. The number of esters is 1. The van der Waals surface area contributed by atoms with Crippen LogP contribution in [0.5, 0.6) is 0 Å². The van der Waals surface area contributed by atoms with Crippen molar-refractivity contribution in [2.24, 2.45) is 5.92 Å². The van der Waals surface area contributed by atoms with Gasteiger partial charge in [0.2, 0.25) is 0 Å². The Morgan fingerprint density at radius 2 is 1.41 bits per heavy atom. The molecule has 0 heterocycles. The van der Waals surface area contributed by atoms with Crippen LogP contribution in [0.2, 0.25) is 5.02 Å². The first kappa shape index (κ1) is 20.8. The van der Waals surface area contributed by atoms with Crippen LogP contribution in [0.15, 0.2) is 78.9 Å². The number of carbonyl (C=O) groups excluding carboxylic acids is 2. The summed E-state index contributed by atoms with van der Waals surface area (Å²) in [6, 6.07) is 24.4. The highest BCUT2D eigenvalue weighted by atomic mass is 35.5. The summed E-state index contributed by atoms with van der Waals surface area (Å²) in [5.41, 5.74) is 3.46. The molecule has 4 heteroatoms. The van der Waals surface area contributed by atoms with Gasteiger partial charge in [0.05, 0.1) is 5.92 Å². The van der Waals surface area contributed by atoms with Crippen LogP contribution in [-0.2, 0) is 9.53 Å². The minimum Gasteiger partial charge on any atom is -0.457 e. The number of ketones is 1. The number of hydrogen-bond donors (Lipinski definition) is 0. The zero-order valence-corrected chi connectivity index (χ0v) is 17.2. The number of Topliss-reactive ketones (excluding diaryl/α,β-unsaturated/α-hetero) is 1. The lowest BCUT2D eigenvalue weighted by molar-refractivity contribution is -0.145. The molecule has 0 aromatic heterocycles. The Balaban J connectivity index is 1.64. The highest BCUT2D eigenvalue weighted by Crippen LogP contribution is 2.27. The van der Waals surface area contributed by atoms with E-state index in [1.807, 2.05) is 68.4 Å². The van der Waals surface area contributed by atoms with Gasteiger partial charge in [0, 0.05) is 10.6 Å². The first-order chi connectivity index (χ1) is 14.0. The van der Waals surface area contributed by atoms with E-state index in [2.05, 4.69) is 0 Å². The maximum absolute atomic E-state index is 12.6. The van der Waals surface area contributed by atoms with Gasteiger partial charge in [0.15, 0.2) is 12.4 Å². The molecule has 3 rings (SSSR count). The van der Waals surface area contributed by atoms with Crippen molar-refractivity contribution in [3.05, 3.63) is 95.0 Å². The van der Waals surface area contributed by atoms with Crippen LogP contribution in [0.3, 0.4) is 0 Å². The van der Waals surface area contributed by atoms with Crippen molar-refractivity contribution in [1.82, 2.24) is 0 Å². The number of carbonyl (C=O) groups is 2. The lowest BCUT2D eigenvalue weighted by Gasteiger charge is -2.19. The summed E-state index contributed by atoms with van der Waals surface area (Å²) >= 11 is 5.94. The highest BCUT2D eigenvalue weighted by molar-refractivity contribution is 6.30. The fraction of sp³-hybridized carbons (Fsp3) is 0.200. The maximum atomic E-state index is 12.6. The number of benzene rings is 3. The second-order valence-electron chi connectivity index (χ2n) is 7.25. The Morgan fingerprint density at radius 3 is 2.00 bits per heavy atom. The highest BCUT2D eigenvalue weighted by Gasteiger charge is 2.26. The third kappa shape index (κ3) is 5.33. The van der Waals surface area contributed by atoms with Gasteiger partial charge in [-0.3, -0.25) is 9.59 Å². The zero-order chi connectivity index (χ0) is 20.8. The fourth-order valence-electron chi connectivity index (χ4n) is 3.25.